The number of hydrogen-bond donors (Lipinski definition) is 1. The van der Waals surface area contributed by atoms with Crippen molar-refractivity contribution in [2.45, 2.75) is 19.3 Å². The van der Waals surface area contributed by atoms with Crippen molar-refractivity contribution in [3.63, 3.8) is 0 Å². The van der Waals surface area contributed by atoms with Gasteiger partial charge in [0.2, 0.25) is 5.91 Å². The zero-order valence-corrected chi connectivity index (χ0v) is 9.12. The van der Waals surface area contributed by atoms with E-state index >= 15 is 0 Å². The molecule has 1 N–H and O–H groups in total. The van der Waals surface area contributed by atoms with Crippen LogP contribution in [-0.2, 0) is 14.3 Å². The first kappa shape index (κ1) is 12.0. The molecule has 0 aromatic heterocycles. The molecule has 1 aliphatic heterocycles. The predicted molar refractivity (Wildman–Crippen MR) is 55.3 cm³/mol. The number of hydrogen-bond acceptors (Lipinski definition) is 4. The van der Waals surface area contributed by atoms with E-state index < -0.39 is 0 Å². The number of ether oxygens (including phenoxy) is 1. The number of methoxy groups -OCH3 is 1. The minimum Gasteiger partial charge on any atom is -0.468 e. The van der Waals surface area contributed by atoms with E-state index in [1.54, 1.807) is 0 Å². The van der Waals surface area contributed by atoms with Crippen LogP contribution in [0, 0.1) is 0 Å². The molecule has 0 bridgehead atoms. The molecule has 0 unspecified atom stereocenters. The average Bonchev–Trinajstić information content (AvgIpc) is 2.77. The van der Waals surface area contributed by atoms with Crippen LogP contribution in [0.3, 0.4) is 0 Å². The average molecular weight is 214 g/mol. The topological polar surface area (TPSA) is 58.6 Å². The number of rotatable bonds is 5. The molecule has 1 rings (SSSR count). The molecule has 15 heavy (non-hydrogen) atoms. The first-order chi connectivity index (χ1) is 7.24. The van der Waals surface area contributed by atoms with E-state index in [0.29, 0.717) is 13.0 Å². The van der Waals surface area contributed by atoms with Crippen molar-refractivity contribution in [1.82, 2.24) is 10.2 Å². The van der Waals surface area contributed by atoms with Gasteiger partial charge in [-0.2, -0.15) is 0 Å². The van der Waals surface area contributed by atoms with E-state index in [4.69, 9.17) is 0 Å². The Balaban J connectivity index is 2.04. The van der Waals surface area contributed by atoms with Gasteiger partial charge in [0.1, 0.15) is 0 Å². The molecule has 1 heterocycles. The second-order valence-corrected chi connectivity index (χ2v) is 3.59. The van der Waals surface area contributed by atoms with Crippen molar-refractivity contribution in [3.8, 4) is 0 Å². The number of nitrogens with one attached hydrogen (secondary N) is 1. The molecule has 0 saturated carbocycles. The van der Waals surface area contributed by atoms with Gasteiger partial charge in [0.05, 0.1) is 13.7 Å². The molecule has 5 heteroatoms. The van der Waals surface area contributed by atoms with Gasteiger partial charge in [0.25, 0.3) is 0 Å². The fraction of sp³-hybridized carbons (Fsp3) is 0.800. The second kappa shape index (κ2) is 6.40. The van der Waals surface area contributed by atoms with Crippen LogP contribution in [0.2, 0.25) is 0 Å². The van der Waals surface area contributed by atoms with Gasteiger partial charge in [-0.3, -0.25) is 9.59 Å². The maximum atomic E-state index is 11.5. The second-order valence-electron chi connectivity index (χ2n) is 3.59. The molecule has 1 saturated heterocycles. The van der Waals surface area contributed by atoms with E-state index in [1.807, 2.05) is 4.90 Å². The van der Waals surface area contributed by atoms with Crippen LogP contribution in [0.4, 0.5) is 0 Å². The van der Waals surface area contributed by atoms with Crippen LogP contribution in [0.5, 0.6) is 0 Å². The normalized spacial score (nSPS) is 15.4. The number of likely N-dealkylation sites (tertiary alicyclic amines) is 1. The van der Waals surface area contributed by atoms with Gasteiger partial charge in [0, 0.05) is 26.1 Å². The van der Waals surface area contributed by atoms with Gasteiger partial charge < -0.3 is 15.0 Å². The summed E-state index contributed by atoms with van der Waals surface area (Å²) in [6.07, 6.45) is 2.68. The molecule has 5 nitrogen and oxygen atoms in total. The highest BCUT2D eigenvalue weighted by Gasteiger charge is 2.16. The van der Waals surface area contributed by atoms with Crippen molar-refractivity contribution in [3.05, 3.63) is 0 Å². The van der Waals surface area contributed by atoms with Gasteiger partial charge in [-0.05, 0) is 12.8 Å². The Bertz CT molecular complexity index is 225. The van der Waals surface area contributed by atoms with Crippen LogP contribution >= 0.6 is 0 Å². The van der Waals surface area contributed by atoms with Crippen molar-refractivity contribution in [2.75, 3.05) is 33.3 Å². The third-order valence-electron chi connectivity index (χ3n) is 2.47. The summed E-state index contributed by atoms with van der Waals surface area (Å²) >= 11 is 0. The van der Waals surface area contributed by atoms with Crippen LogP contribution in [0.15, 0.2) is 0 Å². The predicted octanol–water partition coefficient (Wildman–Crippen LogP) is -0.238. The number of amides is 1. The fourth-order valence-corrected chi connectivity index (χ4v) is 1.58. The van der Waals surface area contributed by atoms with E-state index in [9.17, 15) is 9.59 Å². The van der Waals surface area contributed by atoms with Gasteiger partial charge in [-0.1, -0.05) is 0 Å². The highest BCUT2D eigenvalue weighted by molar-refractivity contribution is 5.76. The van der Waals surface area contributed by atoms with E-state index in [0.717, 1.165) is 25.9 Å². The Hall–Kier alpha value is -1.10. The first-order valence-corrected chi connectivity index (χ1v) is 5.29. The Morgan fingerprint density at radius 2 is 2.00 bits per heavy atom. The lowest BCUT2D eigenvalue weighted by Gasteiger charge is -2.14. The van der Waals surface area contributed by atoms with Crippen molar-refractivity contribution >= 4 is 11.9 Å². The lowest BCUT2D eigenvalue weighted by Crippen LogP contribution is -2.32. The van der Waals surface area contributed by atoms with Crippen LogP contribution < -0.4 is 5.32 Å². The third kappa shape index (κ3) is 4.29. The summed E-state index contributed by atoms with van der Waals surface area (Å²) in [5.41, 5.74) is 0. The molecule has 1 aliphatic rings. The van der Waals surface area contributed by atoms with Gasteiger partial charge >= 0.3 is 5.97 Å². The molecule has 0 aromatic carbocycles. The molecule has 0 aliphatic carbocycles. The van der Waals surface area contributed by atoms with Crippen molar-refractivity contribution in [1.29, 1.82) is 0 Å². The lowest BCUT2D eigenvalue weighted by molar-refractivity contribution is -0.139. The van der Waals surface area contributed by atoms with Gasteiger partial charge in [-0.15, -0.1) is 0 Å². The molecular formula is C10H18N2O3. The molecule has 86 valence electrons. The Labute approximate surface area is 89.8 Å². The standard InChI is InChI=1S/C10H18N2O3/c1-15-10(14)8-11-5-4-9(13)12-6-2-3-7-12/h11H,2-8H2,1H3. The summed E-state index contributed by atoms with van der Waals surface area (Å²) in [7, 11) is 1.35. The van der Waals surface area contributed by atoms with E-state index in [2.05, 4.69) is 10.1 Å². The number of carbonyl (C=O) groups is 2. The first-order valence-electron chi connectivity index (χ1n) is 5.29. The number of esters is 1. The van der Waals surface area contributed by atoms with Gasteiger partial charge in [-0.25, -0.2) is 0 Å². The molecule has 0 aromatic rings. The van der Waals surface area contributed by atoms with Crippen LogP contribution in [-0.4, -0.2) is 50.1 Å². The zero-order valence-electron chi connectivity index (χ0n) is 9.12. The summed E-state index contributed by atoms with van der Waals surface area (Å²) in [6.45, 7) is 2.47. The molecule has 0 atom stereocenters. The highest BCUT2D eigenvalue weighted by atomic mass is 16.5. The number of carbonyl (C=O) groups excluding carboxylic acids is 2. The summed E-state index contributed by atoms with van der Waals surface area (Å²) in [5.74, 6) is -0.131. The molecule has 0 radical (unpaired) electrons. The highest BCUT2D eigenvalue weighted by Crippen LogP contribution is 2.08. The monoisotopic (exact) mass is 214 g/mol. The smallest absolute Gasteiger partial charge is 0.319 e. The van der Waals surface area contributed by atoms with Crippen molar-refractivity contribution in [2.24, 2.45) is 0 Å². The largest absolute Gasteiger partial charge is 0.468 e. The third-order valence-corrected chi connectivity index (χ3v) is 2.47. The Kier molecular flexibility index (Phi) is 5.10. The fourth-order valence-electron chi connectivity index (χ4n) is 1.58. The summed E-state index contributed by atoms with van der Waals surface area (Å²) in [5, 5.41) is 2.87. The molecule has 1 amide bonds. The summed E-state index contributed by atoms with van der Waals surface area (Å²) < 4.78 is 4.46. The van der Waals surface area contributed by atoms with Crippen molar-refractivity contribution < 1.29 is 14.3 Å². The summed E-state index contributed by atoms with van der Waals surface area (Å²) in [6, 6.07) is 0. The molecule has 1 fully saturated rings. The maximum Gasteiger partial charge on any atom is 0.319 e. The number of nitrogens with zero attached hydrogens (tertiary/aromatic N) is 1. The maximum absolute atomic E-state index is 11.5. The molecule has 0 spiro atoms. The van der Waals surface area contributed by atoms with E-state index in [1.165, 1.54) is 7.11 Å². The molecular weight excluding hydrogens is 196 g/mol. The van der Waals surface area contributed by atoms with Crippen LogP contribution in [0.25, 0.3) is 0 Å². The van der Waals surface area contributed by atoms with Crippen LogP contribution in [0.1, 0.15) is 19.3 Å². The SMILES string of the molecule is COC(=O)CNCCC(=O)N1CCCC1. The van der Waals surface area contributed by atoms with E-state index in [-0.39, 0.29) is 18.4 Å². The Morgan fingerprint density at radius 3 is 2.60 bits per heavy atom. The zero-order chi connectivity index (χ0) is 11.1. The lowest BCUT2D eigenvalue weighted by atomic mass is 10.3. The summed E-state index contributed by atoms with van der Waals surface area (Å²) in [4.78, 5) is 24.1. The minimum atomic E-state index is -0.302. The van der Waals surface area contributed by atoms with Gasteiger partial charge in [0.15, 0.2) is 0 Å². The Morgan fingerprint density at radius 1 is 1.33 bits per heavy atom. The minimum absolute atomic E-state index is 0.170. The quantitative estimate of drug-likeness (QED) is 0.507.